The highest BCUT2D eigenvalue weighted by Gasteiger charge is 2.16. The zero-order valence-electron chi connectivity index (χ0n) is 11.0. The van der Waals surface area contributed by atoms with Crippen LogP contribution in [0.5, 0.6) is 11.5 Å². The van der Waals surface area contributed by atoms with Crippen molar-refractivity contribution in [1.82, 2.24) is 5.32 Å². The summed E-state index contributed by atoms with van der Waals surface area (Å²) in [6.45, 7) is 1.86. The third-order valence-corrected chi connectivity index (χ3v) is 3.13. The molecule has 3 N–H and O–H groups in total. The first-order valence-corrected chi connectivity index (χ1v) is 6.70. The van der Waals surface area contributed by atoms with Crippen LogP contribution in [0.2, 0.25) is 0 Å². The lowest BCUT2D eigenvalue weighted by Crippen LogP contribution is -2.22. The van der Waals surface area contributed by atoms with Crippen LogP contribution in [0.25, 0.3) is 0 Å². The Labute approximate surface area is 113 Å². The van der Waals surface area contributed by atoms with Gasteiger partial charge in [-0.25, -0.2) is 0 Å². The Kier molecular flexibility index (Phi) is 5.44. The SMILES string of the molecule is OCCCCCNCC(O)c1ccc2c(c1)OCO2. The van der Waals surface area contributed by atoms with Crippen molar-refractivity contribution < 1.29 is 19.7 Å². The summed E-state index contributed by atoms with van der Waals surface area (Å²) in [5, 5.41) is 21.9. The minimum absolute atomic E-state index is 0.248. The molecule has 0 spiro atoms. The van der Waals surface area contributed by atoms with Crippen LogP contribution in [0.3, 0.4) is 0 Å². The predicted molar refractivity (Wildman–Crippen MR) is 71.3 cm³/mol. The van der Waals surface area contributed by atoms with Gasteiger partial charge in [-0.1, -0.05) is 6.07 Å². The largest absolute Gasteiger partial charge is 0.454 e. The van der Waals surface area contributed by atoms with Gasteiger partial charge in [0.05, 0.1) is 6.10 Å². The molecule has 1 aliphatic heterocycles. The fraction of sp³-hybridized carbons (Fsp3) is 0.571. The second kappa shape index (κ2) is 7.33. The van der Waals surface area contributed by atoms with Gasteiger partial charge in [0, 0.05) is 13.2 Å². The van der Waals surface area contributed by atoms with Crippen molar-refractivity contribution >= 4 is 0 Å². The van der Waals surface area contributed by atoms with Crippen LogP contribution in [-0.2, 0) is 0 Å². The lowest BCUT2D eigenvalue weighted by molar-refractivity contribution is 0.170. The minimum Gasteiger partial charge on any atom is -0.454 e. The molecule has 1 aliphatic rings. The number of fused-ring (bicyclic) bond motifs is 1. The van der Waals surface area contributed by atoms with E-state index in [0.29, 0.717) is 12.3 Å². The number of hydrogen-bond donors (Lipinski definition) is 3. The van der Waals surface area contributed by atoms with Gasteiger partial charge in [-0.2, -0.15) is 0 Å². The summed E-state index contributed by atoms with van der Waals surface area (Å²) in [7, 11) is 0. The van der Waals surface area contributed by atoms with Gasteiger partial charge in [0.2, 0.25) is 6.79 Å². The summed E-state index contributed by atoms with van der Waals surface area (Å²) in [4.78, 5) is 0. The Morgan fingerprint density at radius 1 is 1.16 bits per heavy atom. The van der Waals surface area contributed by atoms with Gasteiger partial charge in [0.1, 0.15) is 0 Å². The number of aliphatic hydroxyl groups is 2. The van der Waals surface area contributed by atoms with Crippen LogP contribution in [0.15, 0.2) is 18.2 Å². The molecule has 2 rings (SSSR count). The normalized spacial score (nSPS) is 14.6. The van der Waals surface area contributed by atoms with Gasteiger partial charge in [-0.05, 0) is 43.5 Å². The average molecular weight is 267 g/mol. The summed E-state index contributed by atoms with van der Waals surface area (Å²) in [6.07, 6.45) is 2.30. The van der Waals surface area contributed by atoms with E-state index < -0.39 is 6.10 Å². The monoisotopic (exact) mass is 267 g/mol. The number of benzene rings is 1. The molecule has 0 amide bonds. The number of rotatable bonds is 8. The van der Waals surface area contributed by atoms with E-state index in [-0.39, 0.29) is 13.4 Å². The Bertz CT molecular complexity index is 397. The van der Waals surface area contributed by atoms with E-state index in [1.165, 1.54) is 0 Å². The highest BCUT2D eigenvalue weighted by Crippen LogP contribution is 2.33. The molecule has 5 heteroatoms. The van der Waals surface area contributed by atoms with E-state index >= 15 is 0 Å². The van der Waals surface area contributed by atoms with Crippen molar-refractivity contribution in [2.75, 3.05) is 26.5 Å². The van der Waals surface area contributed by atoms with Crippen LogP contribution in [-0.4, -0.2) is 36.7 Å². The van der Waals surface area contributed by atoms with Gasteiger partial charge in [-0.15, -0.1) is 0 Å². The minimum atomic E-state index is -0.549. The van der Waals surface area contributed by atoms with Crippen LogP contribution in [0, 0.1) is 0 Å². The lowest BCUT2D eigenvalue weighted by Gasteiger charge is -2.12. The van der Waals surface area contributed by atoms with Crippen molar-refractivity contribution in [3.8, 4) is 11.5 Å². The number of nitrogens with one attached hydrogen (secondary N) is 1. The average Bonchev–Trinajstić information content (AvgIpc) is 2.89. The van der Waals surface area contributed by atoms with Crippen molar-refractivity contribution in [2.24, 2.45) is 0 Å². The highest BCUT2D eigenvalue weighted by molar-refractivity contribution is 5.45. The molecule has 1 aromatic carbocycles. The number of aliphatic hydroxyl groups excluding tert-OH is 2. The third kappa shape index (κ3) is 4.09. The highest BCUT2D eigenvalue weighted by atomic mass is 16.7. The van der Waals surface area contributed by atoms with Gasteiger partial charge in [-0.3, -0.25) is 0 Å². The Hall–Kier alpha value is -1.30. The van der Waals surface area contributed by atoms with Gasteiger partial charge < -0.3 is 25.0 Å². The van der Waals surface area contributed by atoms with E-state index in [9.17, 15) is 5.11 Å². The molecule has 19 heavy (non-hydrogen) atoms. The van der Waals surface area contributed by atoms with Crippen molar-refractivity contribution in [2.45, 2.75) is 25.4 Å². The molecular weight excluding hydrogens is 246 g/mol. The van der Waals surface area contributed by atoms with Crippen LogP contribution >= 0.6 is 0 Å². The molecule has 1 unspecified atom stereocenters. The van der Waals surface area contributed by atoms with E-state index in [0.717, 1.165) is 37.1 Å². The molecule has 5 nitrogen and oxygen atoms in total. The van der Waals surface area contributed by atoms with Crippen LogP contribution < -0.4 is 14.8 Å². The molecule has 1 aromatic rings. The smallest absolute Gasteiger partial charge is 0.231 e. The first-order chi connectivity index (χ1) is 9.31. The summed E-state index contributed by atoms with van der Waals surface area (Å²) >= 11 is 0. The molecule has 0 bridgehead atoms. The maximum absolute atomic E-state index is 10.1. The lowest BCUT2D eigenvalue weighted by atomic mass is 10.1. The molecule has 0 radical (unpaired) electrons. The van der Waals surface area contributed by atoms with E-state index in [1.54, 1.807) is 0 Å². The number of ether oxygens (including phenoxy) is 2. The number of hydrogen-bond acceptors (Lipinski definition) is 5. The molecule has 0 saturated heterocycles. The second-order valence-corrected chi connectivity index (χ2v) is 4.62. The fourth-order valence-electron chi connectivity index (χ4n) is 2.02. The zero-order valence-corrected chi connectivity index (χ0v) is 11.0. The predicted octanol–water partition coefficient (Wildman–Crippen LogP) is 1.20. The van der Waals surface area contributed by atoms with E-state index in [1.807, 2.05) is 18.2 Å². The summed E-state index contributed by atoms with van der Waals surface area (Å²) in [5.41, 5.74) is 0.826. The fourth-order valence-corrected chi connectivity index (χ4v) is 2.02. The molecule has 106 valence electrons. The quantitative estimate of drug-likeness (QED) is 0.617. The van der Waals surface area contributed by atoms with Gasteiger partial charge in [0.25, 0.3) is 0 Å². The summed E-state index contributed by atoms with van der Waals surface area (Å²) < 4.78 is 10.5. The molecule has 1 atom stereocenters. The molecular formula is C14H21NO4. The third-order valence-electron chi connectivity index (χ3n) is 3.13. The summed E-state index contributed by atoms with van der Waals surface area (Å²) in [5.74, 6) is 1.42. The maximum atomic E-state index is 10.1. The molecule has 1 heterocycles. The summed E-state index contributed by atoms with van der Waals surface area (Å²) in [6, 6.07) is 5.49. The second-order valence-electron chi connectivity index (χ2n) is 4.62. The molecule has 0 aromatic heterocycles. The Morgan fingerprint density at radius 3 is 2.84 bits per heavy atom. The van der Waals surface area contributed by atoms with Gasteiger partial charge >= 0.3 is 0 Å². The Morgan fingerprint density at radius 2 is 2.00 bits per heavy atom. The van der Waals surface area contributed by atoms with E-state index in [4.69, 9.17) is 14.6 Å². The van der Waals surface area contributed by atoms with Crippen molar-refractivity contribution in [3.05, 3.63) is 23.8 Å². The molecule has 0 fully saturated rings. The van der Waals surface area contributed by atoms with Crippen LogP contribution in [0.1, 0.15) is 30.9 Å². The van der Waals surface area contributed by atoms with E-state index in [2.05, 4.69) is 5.32 Å². The van der Waals surface area contributed by atoms with Crippen molar-refractivity contribution in [3.63, 3.8) is 0 Å². The standard InChI is InChI=1S/C14H21NO4/c16-7-3-1-2-6-15-9-12(17)11-4-5-13-14(8-11)19-10-18-13/h4-5,8,12,15-17H,1-3,6-7,9-10H2. The Balaban J connectivity index is 1.72. The first-order valence-electron chi connectivity index (χ1n) is 6.70. The van der Waals surface area contributed by atoms with Crippen LogP contribution in [0.4, 0.5) is 0 Å². The number of unbranched alkanes of at least 4 members (excludes halogenated alkanes) is 2. The maximum Gasteiger partial charge on any atom is 0.231 e. The topological polar surface area (TPSA) is 71.0 Å². The van der Waals surface area contributed by atoms with Gasteiger partial charge in [0.15, 0.2) is 11.5 Å². The first kappa shape index (κ1) is 14.1. The van der Waals surface area contributed by atoms with Crippen molar-refractivity contribution in [1.29, 1.82) is 0 Å². The zero-order chi connectivity index (χ0) is 13.5. The molecule has 0 saturated carbocycles. The molecule has 0 aliphatic carbocycles.